The van der Waals surface area contributed by atoms with Crippen molar-refractivity contribution in [1.29, 1.82) is 0 Å². The van der Waals surface area contributed by atoms with Gasteiger partial charge in [0.25, 0.3) is 5.91 Å². The third-order valence-electron chi connectivity index (χ3n) is 3.88. The zero-order valence-corrected chi connectivity index (χ0v) is 15.9. The lowest BCUT2D eigenvalue weighted by Gasteiger charge is -2.32. The molecule has 0 aromatic carbocycles. The summed E-state index contributed by atoms with van der Waals surface area (Å²) in [5.74, 6) is -0.525. The highest BCUT2D eigenvalue weighted by molar-refractivity contribution is 7.17. The first kappa shape index (κ1) is 20.1. The molecule has 9 nitrogen and oxygen atoms in total. The molecule has 0 aliphatic carbocycles. The van der Waals surface area contributed by atoms with Crippen molar-refractivity contribution in [2.24, 2.45) is 22.4 Å². The molecule has 10 heteroatoms. The number of hydrogen-bond donors (Lipinski definition) is 2. The van der Waals surface area contributed by atoms with E-state index in [1.54, 1.807) is 4.90 Å². The number of hydrogen-bond acceptors (Lipinski definition) is 7. The normalized spacial score (nSPS) is 17.0. The summed E-state index contributed by atoms with van der Waals surface area (Å²) in [4.78, 5) is 43.9. The Labute approximate surface area is 156 Å². The van der Waals surface area contributed by atoms with Gasteiger partial charge < -0.3 is 16.4 Å². The number of rotatable bonds is 7. The SMILES string of the molecule is CCCc1nc(N=C(N)N)sc1C(=O)N1CCCC(COOC(C)=O)C1. The van der Waals surface area contributed by atoms with Gasteiger partial charge in [-0.15, -0.1) is 0 Å². The number of likely N-dealkylation sites (tertiary alicyclic amines) is 1. The van der Waals surface area contributed by atoms with Crippen molar-refractivity contribution in [1.82, 2.24) is 9.88 Å². The van der Waals surface area contributed by atoms with Crippen molar-refractivity contribution in [2.45, 2.75) is 39.5 Å². The maximum Gasteiger partial charge on any atom is 0.339 e. The topological polar surface area (TPSA) is 133 Å². The average molecular weight is 383 g/mol. The summed E-state index contributed by atoms with van der Waals surface area (Å²) in [5, 5.41) is 0.392. The van der Waals surface area contributed by atoms with Gasteiger partial charge in [-0.1, -0.05) is 24.7 Å². The lowest BCUT2D eigenvalue weighted by atomic mass is 9.99. The summed E-state index contributed by atoms with van der Waals surface area (Å²) >= 11 is 1.20. The molecule has 1 unspecified atom stereocenters. The van der Waals surface area contributed by atoms with Gasteiger partial charge in [0.1, 0.15) is 4.88 Å². The van der Waals surface area contributed by atoms with E-state index in [-0.39, 0.29) is 24.4 Å². The van der Waals surface area contributed by atoms with Gasteiger partial charge in [-0.3, -0.25) is 9.68 Å². The largest absolute Gasteiger partial charge is 0.370 e. The Kier molecular flexibility index (Phi) is 7.34. The monoisotopic (exact) mass is 383 g/mol. The first-order valence-electron chi connectivity index (χ1n) is 8.59. The maximum absolute atomic E-state index is 13.0. The lowest BCUT2D eigenvalue weighted by molar-refractivity contribution is -0.277. The third kappa shape index (κ3) is 5.67. The minimum Gasteiger partial charge on any atom is -0.370 e. The fraction of sp³-hybridized carbons (Fsp3) is 0.625. The zero-order valence-electron chi connectivity index (χ0n) is 15.1. The fourth-order valence-electron chi connectivity index (χ4n) is 2.81. The Morgan fingerprint density at radius 1 is 1.42 bits per heavy atom. The maximum atomic E-state index is 13.0. The molecule has 0 spiro atoms. The number of carbonyl (C=O) groups excluding carboxylic acids is 2. The van der Waals surface area contributed by atoms with E-state index in [2.05, 4.69) is 14.9 Å². The molecule has 2 heterocycles. The van der Waals surface area contributed by atoms with Crippen molar-refractivity contribution in [3.8, 4) is 0 Å². The van der Waals surface area contributed by atoms with Gasteiger partial charge in [-0.05, 0) is 19.3 Å². The van der Waals surface area contributed by atoms with Gasteiger partial charge in [-0.25, -0.2) is 9.78 Å². The predicted molar refractivity (Wildman–Crippen MR) is 97.9 cm³/mol. The highest BCUT2D eigenvalue weighted by Gasteiger charge is 2.28. The van der Waals surface area contributed by atoms with Crippen LogP contribution in [0.3, 0.4) is 0 Å². The molecule has 1 aromatic heterocycles. The van der Waals surface area contributed by atoms with Crippen molar-refractivity contribution in [3.05, 3.63) is 10.6 Å². The van der Waals surface area contributed by atoms with Crippen LogP contribution in [0.1, 0.15) is 48.5 Å². The quantitative estimate of drug-likeness (QED) is 0.314. The Morgan fingerprint density at radius 2 is 2.19 bits per heavy atom. The summed E-state index contributed by atoms with van der Waals surface area (Å²) in [5.41, 5.74) is 11.5. The van der Waals surface area contributed by atoms with E-state index >= 15 is 0 Å². The van der Waals surface area contributed by atoms with Crippen LogP contribution >= 0.6 is 11.3 Å². The highest BCUT2D eigenvalue weighted by atomic mass is 32.1. The van der Waals surface area contributed by atoms with Crippen LogP contribution in [0.5, 0.6) is 0 Å². The second-order valence-corrected chi connectivity index (χ2v) is 7.16. The highest BCUT2D eigenvalue weighted by Crippen LogP contribution is 2.29. The van der Waals surface area contributed by atoms with Crippen molar-refractivity contribution >= 4 is 34.3 Å². The molecule has 26 heavy (non-hydrogen) atoms. The number of nitrogens with zero attached hydrogens (tertiary/aromatic N) is 3. The molecule has 1 aromatic rings. The Bertz CT molecular complexity index is 672. The number of aliphatic imine (C=N–C) groups is 1. The summed E-state index contributed by atoms with van der Waals surface area (Å²) in [6.07, 6.45) is 3.33. The van der Waals surface area contributed by atoms with E-state index in [4.69, 9.17) is 16.4 Å². The van der Waals surface area contributed by atoms with Gasteiger partial charge in [0.2, 0.25) is 5.13 Å². The van der Waals surface area contributed by atoms with Gasteiger partial charge in [0.05, 0.1) is 12.3 Å². The van der Waals surface area contributed by atoms with Crippen molar-refractivity contribution < 1.29 is 19.4 Å². The number of thiazole rings is 1. The number of guanidine groups is 1. The van der Waals surface area contributed by atoms with Crippen molar-refractivity contribution in [2.75, 3.05) is 19.7 Å². The molecule has 144 valence electrons. The molecule has 0 saturated carbocycles. The molecular weight excluding hydrogens is 358 g/mol. The van der Waals surface area contributed by atoms with Crippen LogP contribution in [0, 0.1) is 5.92 Å². The van der Waals surface area contributed by atoms with Crippen molar-refractivity contribution in [3.63, 3.8) is 0 Å². The summed E-state index contributed by atoms with van der Waals surface area (Å²) in [6, 6.07) is 0. The van der Waals surface area contributed by atoms with Crippen LogP contribution in [0.25, 0.3) is 0 Å². The van der Waals surface area contributed by atoms with E-state index < -0.39 is 5.97 Å². The summed E-state index contributed by atoms with van der Waals surface area (Å²) in [7, 11) is 0. The van der Waals surface area contributed by atoms with E-state index in [0.717, 1.165) is 25.0 Å². The molecule has 1 atom stereocenters. The Hall–Kier alpha value is -2.20. The molecule has 4 N–H and O–H groups in total. The summed E-state index contributed by atoms with van der Waals surface area (Å²) < 4.78 is 0. The van der Waals surface area contributed by atoms with Crippen LogP contribution in [-0.4, -0.2) is 47.4 Å². The summed E-state index contributed by atoms with van der Waals surface area (Å²) in [6.45, 7) is 4.79. The van der Waals surface area contributed by atoms with Crippen LogP contribution < -0.4 is 11.5 Å². The molecule has 0 radical (unpaired) electrons. The van der Waals surface area contributed by atoms with Gasteiger partial charge in [-0.2, -0.15) is 9.88 Å². The number of aryl methyl sites for hydroxylation is 1. The number of piperidine rings is 1. The predicted octanol–water partition coefficient (Wildman–Crippen LogP) is 1.35. The number of nitrogens with two attached hydrogens (primary N) is 2. The van der Waals surface area contributed by atoms with Crippen LogP contribution in [0.4, 0.5) is 5.13 Å². The average Bonchev–Trinajstić information content (AvgIpc) is 2.96. The van der Waals surface area contributed by atoms with Gasteiger partial charge >= 0.3 is 5.97 Å². The molecule has 1 saturated heterocycles. The second-order valence-electron chi connectivity index (χ2n) is 6.18. The first-order chi connectivity index (χ1) is 12.4. The fourth-order valence-corrected chi connectivity index (χ4v) is 3.78. The number of aromatic nitrogens is 1. The molecule has 1 aliphatic heterocycles. The molecular formula is C16H25N5O4S. The molecule has 1 fully saturated rings. The van der Waals surface area contributed by atoms with E-state index in [0.29, 0.717) is 29.5 Å². The molecule has 2 rings (SSSR count). The van der Waals surface area contributed by atoms with Gasteiger partial charge in [0.15, 0.2) is 5.96 Å². The number of amides is 1. The lowest BCUT2D eigenvalue weighted by Crippen LogP contribution is -2.41. The zero-order chi connectivity index (χ0) is 19.1. The van der Waals surface area contributed by atoms with Crippen LogP contribution in [-0.2, 0) is 21.0 Å². The second kappa shape index (κ2) is 9.48. The van der Waals surface area contributed by atoms with E-state index in [9.17, 15) is 9.59 Å². The first-order valence-corrected chi connectivity index (χ1v) is 9.41. The molecule has 1 amide bonds. The Morgan fingerprint density at radius 3 is 2.85 bits per heavy atom. The minimum absolute atomic E-state index is 0.0693. The van der Waals surface area contributed by atoms with Crippen LogP contribution in [0.2, 0.25) is 0 Å². The van der Waals surface area contributed by atoms with E-state index in [1.165, 1.54) is 18.3 Å². The molecule has 1 aliphatic rings. The minimum atomic E-state index is -0.491. The number of carbonyl (C=O) groups is 2. The Balaban J connectivity index is 2.08. The van der Waals surface area contributed by atoms with Crippen LogP contribution in [0.15, 0.2) is 4.99 Å². The standard InChI is InChI=1S/C16H25N5O4S/c1-3-5-12-13(26-16(19-12)20-15(17)18)14(23)21-7-4-6-11(8-21)9-24-25-10(2)22/h11H,3-9H2,1-2H3,(H4,17,18,19,20). The third-order valence-corrected chi connectivity index (χ3v) is 4.86. The van der Waals surface area contributed by atoms with E-state index in [1.807, 2.05) is 6.92 Å². The van der Waals surface area contributed by atoms with Gasteiger partial charge in [0, 0.05) is 25.9 Å². The molecule has 0 bridgehead atoms. The smallest absolute Gasteiger partial charge is 0.339 e.